The fourth-order valence-electron chi connectivity index (χ4n) is 2.17. The number of rotatable bonds is 5. The molecule has 1 N–H and O–H groups in total. The molecule has 116 valence electrons. The molecule has 0 saturated heterocycles. The molecule has 21 heavy (non-hydrogen) atoms. The van der Waals surface area contributed by atoms with Crippen LogP contribution in [-0.4, -0.2) is 21.8 Å². The Morgan fingerprint density at radius 1 is 1.33 bits per heavy atom. The van der Waals surface area contributed by atoms with Crippen molar-refractivity contribution < 1.29 is 17.9 Å². The normalized spacial score (nSPS) is 12.3. The quantitative estimate of drug-likeness (QED) is 0.800. The van der Waals surface area contributed by atoms with E-state index < -0.39 is 12.6 Å². The summed E-state index contributed by atoms with van der Waals surface area (Å²) in [6, 6.07) is 5.44. The molecule has 0 fully saturated rings. The number of benzene rings is 1. The molecule has 1 aromatic heterocycles. The first kappa shape index (κ1) is 15.9. The number of aryl methyl sites for hydroxylation is 1. The van der Waals surface area contributed by atoms with Gasteiger partial charge in [-0.25, -0.2) is 0 Å². The summed E-state index contributed by atoms with van der Waals surface area (Å²) >= 11 is 5.20. The molecule has 0 spiro atoms. The maximum absolute atomic E-state index is 12.2. The third-order valence-electron chi connectivity index (χ3n) is 2.98. The minimum atomic E-state index is -4.14. The summed E-state index contributed by atoms with van der Waals surface area (Å²) in [6.07, 6.45) is -4.95. The number of nitrogens with one attached hydrogen (secondary N) is 1. The van der Waals surface area contributed by atoms with E-state index in [1.54, 1.807) is 4.57 Å². The van der Waals surface area contributed by atoms with Gasteiger partial charge in [-0.05, 0) is 44.6 Å². The molecular weight excluding hydrogens is 301 g/mol. The molecule has 0 aliphatic heterocycles. The van der Waals surface area contributed by atoms with Crippen molar-refractivity contribution in [3.63, 3.8) is 0 Å². The molecule has 0 saturated carbocycles. The van der Waals surface area contributed by atoms with Gasteiger partial charge in [0.05, 0.1) is 11.6 Å². The van der Waals surface area contributed by atoms with Gasteiger partial charge in [-0.3, -0.25) is 0 Å². The zero-order chi connectivity index (χ0) is 15.6. The van der Waals surface area contributed by atoms with Crippen molar-refractivity contribution in [2.75, 3.05) is 0 Å². The second kappa shape index (κ2) is 6.09. The maximum Gasteiger partial charge on any atom is 0.389 e. The number of nitrogens with zero attached hydrogens (tertiary/aromatic N) is 1. The molecule has 0 aliphatic carbocycles. The van der Waals surface area contributed by atoms with Gasteiger partial charge in [0.15, 0.2) is 4.77 Å². The number of hydrogen-bond donors (Lipinski definition) is 1. The van der Waals surface area contributed by atoms with Gasteiger partial charge in [0, 0.05) is 13.0 Å². The number of alkyl halides is 3. The third kappa shape index (κ3) is 4.00. The summed E-state index contributed by atoms with van der Waals surface area (Å²) in [5.74, 6) is 0.656. The number of ether oxygens (including phenoxy) is 1. The van der Waals surface area contributed by atoms with E-state index in [1.807, 2.05) is 32.0 Å². The lowest BCUT2D eigenvalue weighted by Gasteiger charge is -2.11. The van der Waals surface area contributed by atoms with Crippen LogP contribution in [0.25, 0.3) is 11.0 Å². The lowest BCUT2D eigenvalue weighted by molar-refractivity contribution is -0.135. The smallest absolute Gasteiger partial charge is 0.389 e. The van der Waals surface area contributed by atoms with Crippen molar-refractivity contribution in [1.82, 2.24) is 9.55 Å². The molecule has 1 aromatic carbocycles. The average Bonchev–Trinajstić information content (AvgIpc) is 2.65. The number of halogens is 3. The summed E-state index contributed by atoms with van der Waals surface area (Å²) in [5.41, 5.74) is 1.49. The van der Waals surface area contributed by atoms with Crippen molar-refractivity contribution in [2.24, 2.45) is 0 Å². The number of para-hydroxylation sites is 1. The van der Waals surface area contributed by atoms with Gasteiger partial charge in [0.2, 0.25) is 0 Å². The first-order chi connectivity index (χ1) is 9.78. The van der Waals surface area contributed by atoms with Crippen molar-refractivity contribution >= 4 is 23.3 Å². The highest BCUT2D eigenvalue weighted by Gasteiger charge is 2.26. The van der Waals surface area contributed by atoms with E-state index in [9.17, 15) is 13.2 Å². The van der Waals surface area contributed by atoms with Gasteiger partial charge in [-0.2, -0.15) is 13.2 Å². The van der Waals surface area contributed by atoms with Crippen LogP contribution in [0, 0.1) is 4.77 Å². The molecule has 7 heteroatoms. The Morgan fingerprint density at radius 3 is 2.67 bits per heavy atom. The van der Waals surface area contributed by atoms with Crippen molar-refractivity contribution in [3.05, 3.63) is 23.0 Å². The van der Waals surface area contributed by atoms with Crippen LogP contribution < -0.4 is 4.74 Å². The van der Waals surface area contributed by atoms with Gasteiger partial charge in [-0.15, -0.1) is 0 Å². The summed E-state index contributed by atoms with van der Waals surface area (Å²) in [6.45, 7) is 4.05. The van der Waals surface area contributed by atoms with E-state index in [2.05, 4.69) is 4.98 Å². The standard InChI is InChI=1S/C14H17F3N2OS/c1-9(2)20-11-6-3-5-10-12(11)18-13(21)19(10)8-4-7-14(15,16)17/h3,5-6,9H,4,7-8H2,1-2H3,(H,18,21). The molecule has 0 amide bonds. The molecule has 0 radical (unpaired) electrons. The molecule has 0 aliphatic rings. The summed E-state index contributed by atoms with van der Waals surface area (Å²) in [5, 5.41) is 0. The predicted molar refractivity (Wildman–Crippen MR) is 78.2 cm³/mol. The van der Waals surface area contributed by atoms with Crippen molar-refractivity contribution in [1.29, 1.82) is 0 Å². The summed E-state index contributed by atoms with van der Waals surface area (Å²) < 4.78 is 44.5. The van der Waals surface area contributed by atoms with Crippen LogP contribution in [0.1, 0.15) is 26.7 Å². The first-order valence-corrected chi connectivity index (χ1v) is 7.13. The topological polar surface area (TPSA) is 29.9 Å². The number of hydrogen-bond acceptors (Lipinski definition) is 2. The molecule has 0 atom stereocenters. The fraction of sp³-hybridized carbons (Fsp3) is 0.500. The molecule has 2 rings (SSSR count). The van der Waals surface area contributed by atoms with Gasteiger partial charge < -0.3 is 14.3 Å². The van der Waals surface area contributed by atoms with Crippen LogP contribution in [0.5, 0.6) is 5.75 Å². The lowest BCUT2D eigenvalue weighted by atomic mass is 10.2. The van der Waals surface area contributed by atoms with Crippen LogP contribution in [0.3, 0.4) is 0 Å². The van der Waals surface area contributed by atoms with Crippen LogP contribution in [0.15, 0.2) is 18.2 Å². The number of aromatic amines is 1. The van der Waals surface area contributed by atoms with E-state index in [0.29, 0.717) is 10.5 Å². The van der Waals surface area contributed by atoms with Gasteiger partial charge in [-0.1, -0.05) is 6.07 Å². The van der Waals surface area contributed by atoms with E-state index in [-0.39, 0.29) is 19.1 Å². The zero-order valence-corrected chi connectivity index (χ0v) is 12.6. The highest BCUT2D eigenvalue weighted by molar-refractivity contribution is 7.71. The fourth-order valence-corrected chi connectivity index (χ4v) is 2.46. The largest absolute Gasteiger partial charge is 0.489 e. The van der Waals surface area contributed by atoms with E-state index in [1.165, 1.54) is 0 Å². The highest BCUT2D eigenvalue weighted by Crippen LogP contribution is 2.27. The van der Waals surface area contributed by atoms with Gasteiger partial charge in [0.1, 0.15) is 11.3 Å². The summed E-state index contributed by atoms with van der Waals surface area (Å²) in [7, 11) is 0. The Kier molecular flexibility index (Phi) is 4.61. The van der Waals surface area contributed by atoms with Crippen LogP contribution in [0.2, 0.25) is 0 Å². The SMILES string of the molecule is CC(C)Oc1cccc2c1[nH]c(=S)n2CCCC(F)(F)F. The lowest BCUT2D eigenvalue weighted by Crippen LogP contribution is -2.09. The second-order valence-electron chi connectivity index (χ2n) is 5.12. The number of fused-ring (bicyclic) bond motifs is 1. The zero-order valence-electron chi connectivity index (χ0n) is 11.8. The van der Waals surface area contributed by atoms with Crippen molar-refractivity contribution in [3.8, 4) is 5.75 Å². The highest BCUT2D eigenvalue weighted by atomic mass is 32.1. The number of H-pyrrole nitrogens is 1. The Balaban J connectivity index is 2.29. The summed E-state index contributed by atoms with van der Waals surface area (Å²) in [4.78, 5) is 3.02. The van der Waals surface area contributed by atoms with Crippen molar-refractivity contribution in [2.45, 2.75) is 45.5 Å². The minimum absolute atomic E-state index is 0.0000251. The Labute approximate surface area is 125 Å². The maximum atomic E-state index is 12.2. The third-order valence-corrected chi connectivity index (χ3v) is 3.30. The monoisotopic (exact) mass is 318 g/mol. The molecular formula is C14H17F3N2OS. The molecule has 0 unspecified atom stereocenters. The minimum Gasteiger partial charge on any atom is -0.489 e. The van der Waals surface area contributed by atoms with Gasteiger partial charge >= 0.3 is 6.18 Å². The van der Waals surface area contributed by atoms with Crippen LogP contribution in [-0.2, 0) is 6.54 Å². The first-order valence-electron chi connectivity index (χ1n) is 6.73. The van der Waals surface area contributed by atoms with E-state index >= 15 is 0 Å². The van der Waals surface area contributed by atoms with E-state index in [0.717, 1.165) is 11.0 Å². The molecule has 0 bridgehead atoms. The van der Waals surface area contributed by atoms with Crippen LogP contribution >= 0.6 is 12.2 Å². The van der Waals surface area contributed by atoms with E-state index in [4.69, 9.17) is 17.0 Å². The second-order valence-corrected chi connectivity index (χ2v) is 5.50. The van der Waals surface area contributed by atoms with Crippen LogP contribution in [0.4, 0.5) is 13.2 Å². The Hall–Kier alpha value is -1.50. The molecule has 3 nitrogen and oxygen atoms in total. The predicted octanol–water partition coefficient (Wildman–Crippen LogP) is 4.83. The number of aromatic nitrogens is 2. The molecule has 2 aromatic rings. The average molecular weight is 318 g/mol. The Bertz CT molecular complexity index is 673. The molecule has 1 heterocycles. The van der Waals surface area contributed by atoms with Gasteiger partial charge in [0.25, 0.3) is 0 Å². The Morgan fingerprint density at radius 2 is 2.05 bits per heavy atom. The number of imidazole rings is 1.